The zero-order valence-electron chi connectivity index (χ0n) is 12.0. The third kappa shape index (κ3) is 2.78. The molecule has 20 heavy (non-hydrogen) atoms. The first-order valence-corrected chi connectivity index (χ1v) is 6.90. The Labute approximate surface area is 119 Å². The monoisotopic (exact) mass is 278 g/mol. The number of aliphatic hydroxyl groups is 1. The SMILES string of the molecule is COc1ccc([C@@H](O)[C@@H]2CCC(=O)N2CCN)c(C)c1. The van der Waals surface area contributed by atoms with E-state index in [1.165, 1.54) is 0 Å². The number of likely N-dealkylation sites (tertiary alicyclic amines) is 1. The van der Waals surface area contributed by atoms with Gasteiger partial charge in [-0.25, -0.2) is 0 Å². The number of nitrogens with two attached hydrogens (primary N) is 1. The summed E-state index contributed by atoms with van der Waals surface area (Å²) in [6.45, 7) is 2.84. The summed E-state index contributed by atoms with van der Waals surface area (Å²) in [5.74, 6) is 0.838. The summed E-state index contributed by atoms with van der Waals surface area (Å²) in [5, 5.41) is 10.6. The molecule has 0 aliphatic carbocycles. The van der Waals surface area contributed by atoms with Gasteiger partial charge in [0.1, 0.15) is 5.75 Å². The molecule has 0 bridgehead atoms. The van der Waals surface area contributed by atoms with Crippen LogP contribution in [0.1, 0.15) is 30.1 Å². The Balaban J connectivity index is 2.22. The molecule has 0 spiro atoms. The van der Waals surface area contributed by atoms with Gasteiger partial charge >= 0.3 is 0 Å². The van der Waals surface area contributed by atoms with Crippen molar-refractivity contribution >= 4 is 5.91 Å². The van der Waals surface area contributed by atoms with Crippen molar-refractivity contribution in [1.82, 2.24) is 4.90 Å². The normalized spacial score (nSPS) is 20.3. The molecular formula is C15H22N2O3. The fourth-order valence-corrected chi connectivity index (χ4v) is 2.83. The summed E-state index contributed by atoms with van der Waals surface area (Å²) < 4.78 is 5.17. The first-order valence-electron chi connectivity index (χ1n) is 6.90. The average Bonchev–Trinajstić information content (AvgIpc) is 2.80. The third-order valence-electron chi connectivity index (χ3n) is 3.90. The number of carbonyl (C=O) groups is 1. The maximum absolute atomic E-state index is 11.8. The second kappa shape index (κ2) is 6.24. The lowest BCUT2D eigenvalue weighted by atomic mass is 9.96. The molecular weight excluding hydrogens is 256 g/mol. The Morgan fingerprint density at radius 1 is 1.55 bits per heavy atom. The van der Waals surface area contributed by atoms with Gasteiger partial charge in [0, 0.05) is 19.5 Å². The molecule has 1 amide bonds. The number of methoxy groups -OCH3 is 1. The zero-order valence-corrected chi connectivity index (χ0v) is 12.0. The van der Waals surface area contributed by atoms with Gasteiger partial charge in [0.25, 0.3) is 0 Å². The largest absolute Gasteiger partial charge is 0.497 e. The molecule has 5 heteroatoms. The molecule has 1 aliphatic rings. The molecule has 5 nitrogen and oxygen atoms in total. The molecule has 2 rings (SSSR count). The molecule has 1 heterocycles. The first kappa shape index (κ1) is 14.8. The van der Waals surface area contributed by atoms with Gasteiger partial charge in [-0.3, -0.25) is 4.79 Å². The lowest BCUT2D eigenvalue weighted by molar-refractivity contribution is -0.130. The number of carbonyl (C=O) groups excluding carboxylic acids is 1. The Kier molecular flexibility index (Phi) is 4.62. The van der Waals surface area contributed by atoms with Crippen LogP contribution in [0.2, 0.25) is 0 Å². The number of benzene rings is 1. The van der Waals surface area contributed by atoms with Gasteiger partial charge in [-0.15, -0.1) is 0 Å². The van der Waals surface area contributed by atoms with E-state index < -0.39 is 6.10 Å². The smallest absolute Gasteiger partial charge is 0.223 e. The average molecular weight is 278 g/mol. The quantitative estimate of drug-likeness (QED) is 0.842. The number of hydrogen-bond donors (Lipinski definition) is 2. The highest BCUT2D eigenvalue weighted by molar-refractivity contribution is 5.79. The predicted molar refractivity (Wildman–Crippen MR) is 76.5 cm³/mol. The molecule has 110 valence electrons. The van der Waals surface area contributed by atoms with Gasteiger partial charge in [0.2, 0.25) is 5.91 Å². The zero-order chi connectivity index (χ0) is 14.7. The number of aryl methyl sites for hydroxylation is 1. The van der Waals surface area contributed by atoms with Crippen molar-refractivity contribution in [1.29, 1.82) is 0 Å². The van der Waals surface area contributed by atoms with Crippen molar-refractivity contribution in [3.05, 3.63) is 29.3 Å². The van der Waals surface area contributed by atoms with Crippen LogP contribution in [0.25, 0.3) is 0 Å². The van der Waals surface area contributed by atoms with E-state index in [1.807, 2.05) is 25.1 Å². The Morgan fingerprint density at radius 2 is 2.30 bits per heavy atom. The van der Waals surface area contributed by atoms with Crippen LogP contribution in [0.5, 0.6) is 5.75 Å². The predicted octanol–water partition coefficient (Wildman–Crippen LogP) is 0.987. The molecule has 0 radical (unpaired) electrons. The Morgan fingerprint density at radius 3 is 2.90 bits per heavy atom. The number of nitrogens with zero attached hydrogens (tertiary/aromatic N) is 1. The molecule has 3 N–H and O–H groups in total. The molecule has 1 fully saturated rings. The van der Waals surface area contributed by atoms with E-state index in [-0.39, 0.29) is 11.9 Å². The highest BCUT2D eigenvalue weighted by atomic mass is 16.5. The van der Waals surface area contributed by atoms with Crippen LogP contribution in [-0.4, -0.2) is 42.2 Å². The first-order chi connectivity index (χ1) is 9.58. The Bertz CT molecular complexity index is 490. The maximum atomic E-state index is 11.8. The summed E-state index contributed by atoms with van der Waals surface area (Å²) in [7, 11) is 1.61. The van der Waals surface area contributed by atoms with Crippen LogP contribution in [-0.2, 0) is 4.79 Å². The highest BCUT2D eigenvalue weighted by Gasteiger charge is 2.36. The molecule has 2 atom stereocenters. The lowest BCUT2D eigenvalue weighted by Crippen LogP contribution is -2.40. The van der Waals surface area contributed by atoms with E-state index in [2.05, 4.69) is 0 Å². The highest BCUT2D eigenvalue weighted by Crippen LogP contribution is 2.32. The van der Waals surface area contributed by atoms with Crippen molar-refractivity contribution in [3.8, 4) is 5.75 Å². The second-order valence-electron chi connectivity index (χ2n) is 5.15. The van der Waals surface area contributed by atoms with E-state index >= 15 is 0 Å². The van der Waals surface area contributed by atoms with Gasteiger partial charge < -0.3 is 20.5 Å². The topological polar surface area (TPSA) is 75.8 Å². The van der Waals surface area contributed by atoms with E-state index in [9.17, 15) is 9.90 Å². The van der Waals surface area contributed by atoms with E-state index in [4.69, 9.17) is 10.5 Å². The molecule has 0 unspecified atom stereocenters. The van der Waals surface area contributed by atoms with Crippen LogP contribution in [0.3, 0.4) is 0 Å². The fourth-order valence-electron chi connectivity index (χ4n) is 2.83. The van der Waals surface area contributed by atoms with E-state index in [0.717, 1.165) is 16.9 Å². The Hall–Kier alpha value is -1.59. The minimum absolute atomic E-state index is 0.0747. The van der Waals surface area contributed by atoms with Crippen molar-refractivity contribution in [2.24, 2.45) is 5.73 Å². The van der Waals surface area contributed by atoms with Gasteiger partial charge in [-0.1, -0.05) is 6.07 Å². The second-order valence-corrected chi connectivity index (χ2v) is 5.15. The van der Waals surface area contributed by atoms with Gasteiger partial charge in [0.15, 0.2) is 0 Å². The van der Waals surface area contributed by atoms with E-state index in [0.29, 0.717) is 25.9 Å². The fraction of sp³-hybridized carbons (Fsp3) is 0.533. The van der Waals surface area contributed by atoms with Crippen molar-refractivity contribution in [3.63, 3.8) is 0 Å². The van der Waals surface area contributed by atoms with Crippen LogP contribution in [0.15, 0.2) is 18.2 Å². The standard InChI is InChI=1S/C15H22N2O3/c1-10-9-11(20-2)3-4-12(10)15(19)13-5-6-14(18)17(13)8-7-16/h3-4,9,13,15,19H,5-8,16H2,1-2H3/t13-,15+/m0/s1. The minimum atomic E-state index is -0.682. The molecule has 1 aliphatic heterocycles. The summed E-state index contributed by atoms with van der Waals surface area (Å²) in [5.41, 5.74) is 7.35. The molecule has 1 saturated heterocycles. The van der Waals surface area contributed by atoms with Gasteiger partial charge in [-0.05, 0) is 36.6 Å². The number of ether oxygens (including phenoxy) is 1. The van der Waals surface area contributed by atoms with Crippen LogP contribution in [0, 0.1) is 6.92 Å². The number of rotatable bonds is 5. The van der Waals surface area contributed by atoms with Crippen molar-refractivity contribution < 1.29 is 14.6 Å². The van der Waals surface area contributed by atoms with Gasteiger partial charge in [-0.2, -0.15) is 0 Å². The molecule has 0 saturated carbocycles. The minimum Gasteiger partial charge on any atom is -0.497 e. The maximum Gasteiger partial charge on any atom is 0.223 e. The molecule has 1 aromatic carbocycles. The summed E-state index contributed by atoms with van der Waals surface area (Å²) >= 11 is 0. The third-order valence-corrected chi connectivity index (χ3v) is 3.90. The number of aliphatic hydroxyl groups excluding tert-OH is 1. The number of hydrogen-bond acceptors (Lipinski definition) is 4. The lowest BCUT2D eigenvalue weighted by Gasteiger charge is -2.29. The summed E-state index contributed by atoms with van der Waals surface area (Å²) in [4.78, 5) is 13.5. The molecule has 0 aromatic heterocycles. The number of amides is 1. The van der Waals surface area contributed by atoms with Crippen molar-refractivity contribution in [2.45, 2.75) is 31.9 Å². The van der Waals surface area contributed by atoms with Gasteiger partial charge in [0.05, 0.1) is 19.3 Å². The van der Waals surface area contributed by atoms with E-state index in [1.54, 1.807) is 12.0 Å². The van der Waals surface area contributed by atoms with Crippen molar-refractivity contribution in [2.75, 3.05) is 20.2 Å². The van der Waals surface area contributed by atoms with Crippen LogP contribution < -0.4 is 10.5 Å². The molecule has 1 aromatic rings. The van der Waals surface area contributed by atoms with Crippen LogP contribution >= 0.6 is 0 Å². The summed E-state index contributed by atoms with van der Waals surface area (Å²) in [6.07, 6.45) is 0.474. The van der Waals surface area contributed by atoms with Crippen LogP contribution in [0.4, 0.5) is 0 Å². The summed E-state index contributed by atoms with van der Waals surface area (Å²) in [6, 6.07) is 5.40.